The van der Waals surface area contributed by atoms with Crippen LogP contribution in [0.5, 0.6) is 0 Å². The van der Waals surface area contributed by atoms with Gasteiger partial charge in [0.1, 0.15) is 10.7 Å². The number of nitrogens with zero attached hydrogens (tertiary/aromatic N) is 1. The standard InChI is InChI=1S/C14H11NO4/c1-10-2-4-11(5-3-10)13(16)8-6-12-7-9-14(19-12)15(17)18/h2-9H,1H3. The highest BCUT2D eigenvalue weighted by atomic mass is 16.6. The second-order valence-electron chi connectivity index (χ2n) is 4.00. The Morgan fingerprint density at radius 1 is 1.21 bits per heavy atom. The number of furan rings is 1. The minimum Gasteiger partial charge on any atom is -0.401 e. The highest BCUT2D eigenvalue weighted by molar-refractivity contribution is 6.06. The van der Waals surface area contributed by atoms with Crippen molar-refractivity contribution in [1.29, 1.82) is 0 Å². The van der Waals surface area contributed by atoms with Crippen molar-refractivity contribution < 1.29 is 14.1 Å². The fourth-order valence-corrected chi connectivity index (χ4v) is 1.50. The van der Waals surface area contributed by atoms with Crippen molar-refractivity contribution >= 4 is 17.7 Å². The van der Waals surface area contributed by atoms with Gasteiger partial charge in [-0.3, -0.25) is 14.9 Å². The van der Waals surface area contributed by atoms with Crippen molar-refractivity contribution in [3.63, 3.8) is 0 Å². The lowest BCUT2D eigenvalue weighted by molar-refractivity contribution is -0.402. The van der Waals surface area contributed by atoms with Crippen LogP contribution in [0.4, 0.5) is 5.88 Å². The lowest BCUT2D eigenvalue weighted by Gasteiger charge is -1.95. The number of nitro groups is 1. The predicted octanol–water partition coefficient (Wildman–Crippen LogP) is 3.39. The Kier molecular flexibility index (Phi) is 3.56. The Labute approximate surface area is 109 Å². The minimum atomic E-state index is -0.626. The van der Waals surface area contributed by atoms with Crippen LogP contribution in [0.2, 0.25) is 0 Å². The molecule has 2 aromatic rings. The maximum atomic E-state index is 11.8. The number of carbonyl (C=O) groups excluding carboxylic acids is 1. The van der Waals surface area contributed by atoms with Gasteiger partial charge >= 0.3 is 5.88 Å². The van der Waals surface area contributed by atoms with Crippen LogP contribution in [0.25, 0.3) is 6.08 Å². The first kappa shape index (κ1) is 12.8. The zero-order valence-electron chi connectivity index (χ0n) is 10.2. The third kappa shape index (κ3) is 3.16. The summed E-state index contributed by atoms with van der Waals surface area (Å²) in [7, 11) is 0. The van der Waals surface area contributed by atoms with E-state index < -0.39 is 4.92 Å². The molecule has 0 fully saturated rings. The Morgan fingerprint density at radius 2 is 1.89 bits per heavy atom. The van der Waals surface area contributed by atoms with E-state index in [4.69, 9.17) is 4.42 Å². The van der Waals surface area contributed by atoms with Crippen molar-refractivity contribution in [2.24, 2.45) is 0 Å². The molecule has 0 N–H and O–H groups in total. The molecule has 0 atom stereocenters. The van der Waals surface area contributed by atoms with Crippen molar-refractivity contribution in [1.82, 2.24) is 0 Å². The quantitative estimate of drug-likeness (QED) is 0.364. The SMILES string of the molecule is Cc1ccc(C(=O)C=Cc2ccc([N+](=O)[O-])o2)cc1. The van der Waals surface area contributed by atoms with Gasteiger partial charge in [0.25, 0.3) is 0 Å². The summed E-state index contributed by atoms with van der Waals surface area (Å²) >= 11 is 0. The van der Waals surface area contributed by atoms with Crippen LogP contribution >= 0.6 is 0 Å². The molecule has 19 heavy (non-hydrogen) atoms. The van der Waals surface area contributed by atoms with Crippen LogP contribution in [0.3, 0.4) is 0 Å². The van der Waals surface area contributed by atoms with E-state index >= 15 is 0 Å². The van der Waals surface area contributed by atoms with Gasteiger partial charge in [0.05, 0.1) is 6.07 Å². The largest absolute Gasteiger partial charge is 0.433 e. The molecule has 0 aliphatic heterocycles. The fourth-order valence-electron chi connectivity index (χ4n) is 1.50. The van der Waals surface area contributed by atoms with Crippen molar-refractivity contribution in [3.8, 4) is 0 Å². The number of benzene rings is 1. The molecule has 0 amide bonds. The number of aryl methyl sites for hydroxylation is 1. The van der Waals surface area contributed by atoms with E-state index in [2.05, 4.69) is 0 Å². The van der Waals surface area contributed by atoms with Gasteiger partial charge in [-0.1, -0.05) is 29.8 Å². The van der Waals surface area contributed by atoms with Gasteiger partial charge in [-0.05, 0) is 25.1 Å². The Morgan fingerprint density at radius 3 is 2.47 bits per heavy atom. The zero-order valence-corrected chi connectivity index (χ0v) is 10.2. The summed E-state index contributed by atoms with van der Waals surface area (Å²) in [6.45, 7) is 1.94. The number of carbonyl (C=O) groups is 1. The van der Waals surface area contributed by atoms with Gasteiger partial charge in [-0.25, -0.2) is 0 Å². The number of hydrogen-bond acceptors (Lipinski definition) is 4. The van der Waals surface area contributed by atoms with Crippen LogP contribution in [0, 0.1) is 17.0 Å². The van der Waals surface area contributed by atoms with E-state index in [-0.39, 0.29) is 17.4 Å². The van der Waals surface area contributed by atoms with Gasteiger partial charge in [0, 0.05) is 5.56 Å². The third-order valence-corrected chi connectivity index (χ3v) is 2.53. The van der Waals surface area contributed by atoms with Gasteiger partial charge in [-0.15, -0.1) is 0 Å². The van der Waals surface area contributed by atoms with E-state index in [0.717, 1.165) is 5.56 Å². The van der Waals surface area contributed by atoms with Crippen LogP contribution < -0.4 is 0 Å². The Bertz CT molecular complexity index is 638. The van der Waals surface area contributed by atoms with Crippen LogP contribution in [-0.4, -0.2) is 10.7 Å². The molecule has 1 aromatic carbocycles. The summed E-state index contributed by atoms with van der Waals surface area (Å²) in [4.78, 5) is 21.6. The molecule has 5 nitrogen and oxygen atoms in total. The van der Waals surface area contributed by atoms with E-state index in [1.54, 1.807) is 12.1 Å². The van der Waals surface area contributed by atoms with Crippen molar-refractivity contribution in [3.05, 3.63) is 69.5 Å². The molecule has 0 spiro atoms. The first-order valence-electron chi connectivity index (χ1n) is 5.59. The smallest absolute Gasteiger partial charge is 0.401 e. The summed E-state index contributed by atoms with van der Waals surface area (Å²) in [5, 5.41) is 10.4. The van der Waals surface area contributed by atoms with Gasteiger partial charge in [0.2, 0.25) is 0 Å². The second kappa shape index (κ2) is 5.30. The molecule has 0 saturated heterocycles. The normalized spacial score (nSPS) is 10.8. The second-order valence-corrected chi connectivity index (χ2v) is 4.00. The average Bonchev–Trinajstić information content (AvgIpc) is 2.86. The molecular formula is C14H11NO4. The number of allylic oxidation sites excluding steroid dienone is 1. The molecule has 5 heteroatoms. The molecule has 1 aromatic heterocycles. The van der Waals surface area contributed by atoms with Crippen LogP contribution in [0.1, 0.15) is 21.7 Å². The van der Waals surface area contributed by atoms with Crippen LogP contribution in [0.15, 0.2) is 46.9 Å². The molecule has 0 aliphatic rings. The van der Waals surface area contributed by atoms with Crippen LogP contribution in [-0.2, 0) is 0 Å². The molecule has 0 aliphatic carbocycles. The van der Waals surface area contributed by atoms with E-state index in [9.17, 15) is 14.9 Å². The Balaban J connectivity index is 2.11. The highest BCUT2D eigenvalue weighted by Gasteiger charge is 2.10. The lowest BCUT2D eigenvalue weighted by Crippen LogP contribution is -1.93. The monoisotopic (exact) mass is 257 g/mol. The van der Waals surface area contributed by atoms with Gasteiger partial charge < -0.3 is 4.42 Å². The number of hydrogen-bond donors (Lipinski definition) is 0. The molecule has 96 valence electrons. The average molecular weight is 257 g/mol. The zero-order chi connectivity index (χ0) is 13.8. The molecule has 2 rings (SSSR count). The maximum absolute atomic E-state index is 11.8. The minimum absolute atomic E-state index is 0.181. The molecule has 0 unspecified atom stereocenters. The van der Waals surface area contributed by atoms with E-state index in [0.29, 0.717) is 5.56 Å². The maximum Gasteiger partial charge on any atom is 0.433 e. The summed E-state index contributed by atoms with van der Waals surface area (Å²) in [5.41, 5.74) is 1.63. The summed E-state index contributed by atoms with van der Waals surface area (Å²) in [5.74, 6) is -0.256. The lowest BCUT2D eigenvalue weighted by atomic mass is 10.1. The first-order valence-corrected chi connectivity index (χ1v) is 5.59. The molecule has 0 saturated carbocycles. The first-order chi connectivity index (χ1) is 9.06. The predicted molar refractivity (Wildman–Crippen MR) is 69.9 cm³/mol. The number of rotatable bonds is 4. The van der Waals surface area contributed by atoms with Gasteiger partial charge in [-0.2, -0.15) is 0 Å². The van der Waals surface area contributed by atoms with Crippen molar-refractivity contribution in [2.75, 3.05) is 0 Å². The van der Waals surface area contributed by atoms with Crippen molar-refractivity contribution in [2.45, 2.75) is 6.92 Å². The molecule has 0 radical (unpaired) electrons. The third-order valence-electron chi connectivity index (χ3n) is 2.53. The topological polar surface area (TPSA) is 73.3 Å². The molecule has 0 bridgehead atoms. The molecule has 1 heterocycles. The van der Waals surface area contributed by atoms with E-state index in [1.165, 1.54) is 24.3 Å². The van der Waals surface area contributed by atoms with Gasteiger partial charge in [0.15, 0.2) is 5.78 Å². The van der Waals surface area contributed by atoms with E-state index in [1.807, 2.05) is 19.1 Å². The summed E-state index contributed by atoms with van der Waals surface area (Å²) < 4.78 is 4.91. The fraction of sp³-hybridized carbons (Fsp3) is 0.0714. The summed E-state index contributed by atoms with van der Waals surface area (Å²) in [6.07, 6.45) is 2.74. The summed E-state index contributed by atoms with van der Waals surface area (Å²) in [6, 6.07) is 9.84. The number of ketones is 1. The molecular weight excluding hydrogens is 246 g/mol. The Hall–Kier alpha value is -2.69. The highest BCUT2D eigenvalue weighted by Crippen LogP contribution is 2.17.